The Bertz CT molecular complexity index is 691. The number of carbonyl (C=O) groups excluding carboxylic acids is 2. The minimum atomic E-state index is -2.58. The van der Waals surface area contributed by atoms with Crippen LogP contribution in [0.3, 0.4) is 0 Å². The average Bonchev–Trinajstić information content (AvgIpc) is 2.88. The van der Waals surface area contributed by atoms with Crippen LogP contribution in [0.15, 0.2) is 34.5 Å². The average molecular weight is 343 g/mol. The molecule has 0 atom stereocenters. The molecule has 0 aliphatic rings. The monoisotopic (exact) mass is 343 g/mol. The summed E-state index contributed by atoms with van der Waals surface area (Å²) in [6.07, 6.45) is 0. The first-order chi connectivity index (χ1) is 10.5. The van der Waals surface area contributed by atoms with E-state index in [9.17, 15) is 18.4 Å². The summed E-state index contributed by atoms with van der Waals surface area (Å²) in [4.78, 5) is 27.2. The number of halogens is 2. The summed E-state index contributed by atoms with van der Waals surface area (Å²) in [5, 5.41) is 6.78. The first kappa shape index (κ1) is 16.4. The zero-order valence-electron chi connectivity index (χ0n) is 11.3. The van der Waals surface area contributed by atoms with Crippen molar-refractivity contribution in [2.75, 3.05) is 10.6 Å². The minimum Gasteiger partial charge on any atom is -0.320 e. The second-order valence-corrected chi connectivity index (χ2v) is 5.94. The van der Waals surface area contributed by atoms with Gasteiger partial charge < -0.3 is 10.6 Å². The van der Waals surface area contributed by atoms with Crippen molar-refractivity contribution in [2.45, 2.75) is 17.6 Å². The number of thioether (sulfide) groups is 1. The quantitative estimate of drug-likeness (QED) is 0.813. The first-order valence-electron chi connectivity index (χ1n) is 6.04. The van der Waals surface area contributed by atoms with Crippen molar-refractivity contribution in [3.05, 3.63) is 35.3 Å². The van der Waals surface area contributed by atoms with Crippen molar-refractivity contribution >= 4 is 45.7 Å². The highest BCUT2D eigenvalue weighted by Crippen LogP contribution is 2.32. The number of nitrogens with one attached hydrogen (secondary N) is 2. The first-order valence-corrected chi connectivity index (χ1v) is 7.80. The Kier molecular flexibility index (Phi) is 5.45. The molecule has 2 aromatic rings. The van der Waals surface area contributed by atoms with Crippen LogP contribution in [0.4, 0.5) is 19.6 Å². The van der Waals surface area contributed by atoms with Crippen molar-refractivity contribution in [3.8, 4) is 0 Å². The zero-order valence-corrected chi connectivity index (χ0v) is 12.9. The molecule has 0 fully saturated rings. The van der Waals surface area contributed by atoms with Crippen LogP contribution in [-0.2, 0) is 4.79 Å². The second kappa shape index (κ2) is 7.32. The fourth-order valence-electron chi connectivity index (χ4n) is 1.54. The summed E-state index contributed by atoms with van der Waals surface area (Å²) in [5.41, 5.74) is 0.387. The molecule has 0 bridgehead atoms. The number of para-hydroxylation sites is 1. The maximum Gasteiger partial charge on any atom is 0.288 e. The van der Waals surface area contributed by atoms with Crippen LogP contribution >= 0.6 is 23.1 Å². The fourth-order valence-corrected chi connectivity index (χ4v) is 2.87. The summed E-state index contributed by atoms with van der Waals surface area (Å²) in [5.74, 6) is -3.40. The van der Waals surface area contributed by atoms with Crippen LogP contribution in [0.2, 0.25) is 0 Å². The Morgan fingerprint density at radius 1 is 1.27 bits per heavy atom. The van der Waals surface area contributed by atoms with Gasteiger partial charge in [0.1, 0.15) is 5.69 Å². The van der Waals surface area contributed by atoms with Crippen LogP contribution in [0.1, 0.15) is 17.4 Å². The van der Waals surface area contributed by atoms with Gasteiger partial charge in [-0.25, -0.2) is 4.98 Å². The maximum atomic E-state index is 12.5. The number of aromatic nitrogens is 1. The van der Waals surface area contributed by atoms with E-state index < -0.39 is 11.7 Å². The van der Waals surface area contributed by atoms with Crippen molar-refractivity contribution in [1.29, 1.82) is 0 Å². The van der Waals surface area contributed by atoms with Crippen molar-refractivity contribution < 1.29 is 18.4 Å². The molecule has 2 amide bonds. The number of benzene rings is 1. The highest BCUT2D eigenvalue weighted by atomic mass is 32.2. The molecule has 0 aliphatic carbocycles. The van der Waals surface area contributed by atoms with E-state index in [1.165, 1.54) is 24.4 Å². The number of alkyl halides is 2. The highest BCUT2D eigenvalue weighted by Gasteiger charge is 2.15. The van der Waals surface area contributed by atoms with Gasteiger partial charge in [0, 0.05) is 17.2 Å². The van der Waals surface area contributed by atoms with E-state index in [2.05, 4.69) is 15.6 Å². The molecular weight excluding hydrogens is 332 g/mol. The molecule has 22 heavy (non-hydrogen) atoms. The van der Waals surface area contributed by atoms with Gasteiger partial charge in [0.05, 0.1) is 5.69 Å². The lowest BCUT2D eigenvalue weighted by Crippen LogP contribution is -2.13. The number of rotatable bonds is 5. The molecule has 0 unspecified atom stereocenters. The summed E-state index contributed by atoms with van der Waals surface area (Å²) in [6.45, 7) is 1.33. The van der Waals surface area contributed by atoms with Gasteiger partial charge in [-0.05, 0) is 12.1 Å². The number of thiazole rings is 1. The Labute approximate surface area is 133 Å². The van der Waals surface area contributed by atoms with Crippen molar-refractivity contribution in [3.63, 3.8) is 0 Å². The van der Waals surface area contributed by atoms with Gasteiger partial charge >= 0.3 is 0 Å². The number of hydrogen-bond acceptors (Lipinski definition) is 5. The Balaban J connectivity index is 2.12. The van der Waals surface area contributed by atoms with Gasteiger partial charge in [0.25, 0.3) is 11.7 Å². The van der Waals surface area contributed by atoms with E-state index in [4.69, 9.17) is 0 Å². The summed E-state index contributed by atoms with van der Waals surface area (Å²) in [6, 6.07) is 6.27. The zero-order chi connectivity index (χ0) is 16.1. The Morgan fingerprint density at radius 2 is 2.00 bits per heavy atom. The Morgan fingerprint density at radius 3 is 2.68 bits per heavy atom. The molecule has 0 saturated heterocycles. The molecule has 9 heteroatoms. The van der Waals surface area contributed by atoms with Gasteiger partial charge in [0.15, 0.2) is 5.13 Å². The lowest BCUT2D eigenvalue weighted by molar-refractivity contribution is -0.114. The predicted octanol–water partition coefficient (Wildman–Crippen LogP) is 3.67. The van der Waals surface area contributed by atoms with Gasteiger partial charge in [-0.2, -0.15) is 8.78 Å². The number of anilines is 2. The molecule has 2 N–H and O–H groups in total. The minimum absolute atomic E-state index is 0.102. The van der Waals surface area contributed by atoms with E-state index in [1.807, 2.05) is 0 Å². The largest absolute Gasteiger partial charge is 0.320 e. The topological polar surface area (TPSA) is 71.1 Å². The molecular formula is C13H11F2N3O2S2. The van der Waals surface area contributed by atoms with E-state index in [1.54, 1.807) is 12.1 Å². The van der Waals surface area contributed by atoms with E-state index >= 15 is 0 Å². The SMILES string of the molecule is CC(=O)Nc1nc(C(=O)Nc2ccccc2SC(F)F)cs1. The lowest BCUT2D eigenvalue weighted by atomic mass is 10.3. The summed E-state index contributed by atoms with van der Waals surface area (Å²) in [7, 11) is 0. The number of nitrogens with zero attached hydrogens (tertiary/aromatic N) is 1. The number of hydrogen-bond donors (Lipinski definition) is 2. The molecule has 0 aliphatic heterocycles. The molecule has 1 aromatic heterocycles. The molecule has 116 valence electrons. The van der Waals surface area contributed by atoms with Crippen LogP contribution in [0.5, 0.6) is 0 Å². The standard InChI is InChI=1S/C13H11F2N3O2S2/c1-7(19)16-13-18-9(6-21-13)11(20)17-8-4-2-3-5-10(8)22-12(14)15/h2-6,12H,1H3,(H,17,20)(H,16,18,19). The second-order valence-electron chi connectivity index (χ2n) is 4.05. The number of carbonyl (C=O) groups is 2. The fraction of sp³-hybridized carbons (Fsp3) is 0.154. The lowest BCUT2D eigenvalue weighted by Gasteiger charge is -2.09. The molecule has 0 saturated carbocycles. The van der Waals surface area contributed by atoms with Gasteiger partial charge in [-0.3, -0.25) is 9.59 Å². The predicted molar refractivity (Wildman–Crippen MR) is 82.7 cm³/mol. The smallest absolute Gasteiger partial charge is 0.288 e. The van der Waals surface area contributed by atoms with E-state index in [-0.39, 0.29) is 22.2 Å². The van der Waals surface area contributed by atoms with Crippen LogP contribution < -0.4 is 10.6 Å². The molecule has 0 radical (unpaired) electrons. The van der Waals surface area contributed by atoms with Crippen molar-refractivity contribution in [1.82, 2.24) is 4.98 Å². The molecule has 1 aromatic carbocycles. The third-order valence-electron chi connectivity index (χ3n) is 2.37. The normalized spacial score (nSPS) is 10.5. The van der Waals surface area contributed by atoms with Gasteiger partial charge in [-0.15, -0.1) is 11.3 Å². The van der Waals surface area contributed by atoms with Gasteiger partial charge in [-0.1, -0.05) is 23.9 Å². The van der Waals surface area contributed by atoms with E-state index in [0.29, 0.717) is 16.9 Å². The molecule has 5 nitrogen and oxygen atoms in total. The highest BCUT2D eigenvalue weighted by molar-refractivity contribution is 7.99. The summed E-state index contributed by atoms with van der Waals surface area (Å²) >= 11 is 1.46. The number of amides is 2. The Hall–Kier alpha value is -2.00. The summed E-state index contributed by atoms with van der Waals surface area (Å²) < 4.78 is 25.0. The molecule has 0 spiro atoms. The van der Waals surface area contributed by atoms with Crippen LogP contribution in [-0.4, -0.2) is 22.6 Å². The van der Waals surface area contributed by atoms with Crippen molar-refractivity contribution in [2.24, 2.45) is 0 Å². The van der Waals surface area contributed by atoms with Crippen LogP contribution in [0, 0.1) is 0 Å². The van der Waals surface area contributed by atoms with Gasteiger partial charge in [0.2, 0.25) is 5.91 Å². The third-order valence-corrected chi connectivity index (χ3v) is 3.92. The maximum absolute atomic E-state index is 12.5. The van der Waals surface area contributed by atoms with Crippen LogP contribution in [0.25, 0.3) is 0 Å². The molecule has 1 heterocycles. The third kappa shape index (κ3) is 4.50. The van der Waals surface area contributed by atoms with E-state index in [0.717, 1.165) is 11.3 Å². The molecule has 2 rings (SSSR count).